The first-order chi connectivity index (χ1) is 2.27. The zero-order valence-corrected chi connectivity index (χ0v) is 4.84. The summed E-state index contributed by atoms with van der Waals surface area (Å²) in [5.74, 6) is 0. The summed E-state index contributed by atoms with van der Waals surface area (Å²) in [5.41, 5.74) is 0. The van der Waals surface area contributed by atoms with E-state index >= 15 is 0 Å². The van der Waals surface area contributed by atoms with Crippen molar-refractivity contribution in [1.82, 2.24) is 5.32 Å². The molecule has 0 heterocycles. The fourth-order valence-electron chi connectivity index (χ4n) is 0. The third-order valence-electron chi connectivity index (χ3n) is 0.362. The van der Waals surface area contributed by atoms with Gasteiger partial charge in [-0.1, -0.05) is 0 Å². The van der Waals surface area contributed by atoms with Crippen molar-refractivity contribution in [2.24, 2.45) is 0 Å². The van der Waals surface area contributed by atoms with Gasteiger partial charge < -0.3 is 0 Å². The zero-order chi connectivity index (χ0) is 4.28. The first-order valence-corrected chi connectivity index (χ1v) is 2.17. The van der Waals surface area contributed by atoms with E-state index in [-0.39, 0.29) is 0 Å². The molecule has 0 fully saturated rings. The Bertz CT molecular complexity index is 42.2. The third-order valence-corrected chi connectivity index (χ3v) is 0.711. The van der Waals surface area contributed by atoms with Crippen molar-refractivity contribution in [3.8, 4) is 0 Å². The molecule has 0 bridgehead atoms. The predicted molar refractivity (Wildman–Crippen MR) is 19.7 cm³/mol. The van der Waals surface area contributed by atoms with E-state index in [1.54, 1.807) is 0 Å². The van der Waals surface area contributed by atoms with Crippen molar-refractivity contribution >= 4 is 4.35 Å². The van der Waals surface area contributed by atoms with Crippen molar-refractivity contribution in [1.29, 1.82) is 0 Å². The minimum absolute atomic E-state index is 1.19. The molecular formula is C3H7NV. The standard InChI is InChI=1S/C3H7N.V/c1-3-4-2;/h4H,1-2H3;. The second kappa shape index (κ2) is 2.64. The second-order valence-corrected chi connectivity index (χ2v) is 1.88. The number of rotatable bonds is 1. The van der Waals surface area contributed by atoms with Gasteiger partial charge in [-0.2, -0.15) is 0 Å². The molecule has 0 aromatic heterocycles. The molecule has 0 radical (unpaired) electrons. The van der Waals surface area contributed by atoms with Crippen molar-refractivity contribution in [3.05, 3.63) is 0 Å². The summed E-state index contributed by atoms with van der Waals surface area (Å²) >= 11 is 2.41. The Morgan fingerprint density at radius 3 is 2.00 bits per heavy atom. The van der Waals surface area contributed by atoms with E-state index in [9.17, 15) is 0 Å². The van der Waals surface area contributed by atoms with Crippen LogP contribution >= 0.6 is 0 Å². The molecule has 0 atom stereocenters. The molecule has 0 saturated carbocycles. The SMILES string of the molecule is CN[C](C)=[V]. The van der Waals surface area contributed by atoms with E-state index in [1.807, 2.05) is 14.0 Å². The van der Waals surface area contributed by atoms with Gasteiger partial charge in [0.2, 0.25) is 0 Å². The molecule has 0 aromatic rings. The van der Waals surface area contributed by atoms with Crippen LogP contribution in [0, 0.1) is 0 Å². The molecule has 2 heteroatoms. The number of hydrogen-bond donors (Lipinski definition) is 1. The summed E-state index contributed by atoms with van der Waals surface area (Å²) in [6.07, 6.45) is 0. The molecule has 0 aromatic carbocycles. The van der Waals surface area contributed by atoms with Crippen LogP contribution in [0.25, 0.3) is 0 Å². The fraction of sp³-hybridized carbons (Fsp3) is 0.667. The van der Waals surface area contributed by atoms with Crippen LogP contribution in [0.5, 0.6) is 0 Å². The van der Waals surface area contributed by atoms with Gasteiger partial charge in [0.15, 0.2) is 0 Å². The molecule has 0 unspecified atom stereocenters. The third kappa shape index (κ3) is 4.41. The molecular weight excluding hydrogens is 101 g/mol. The molecule has 0 aliphatic carbocycles. The van der Waals surface area contributed by atoms with E-state index < -0.39 is 0 Å². The average molecular weight is 108 g/mol. The predicted octanol–water partition coefficient (Wildman–Crippen LogP) is -0.0976. The Morgan fingerprint density at radius 2 is 2.00 bits per heavy atom. The van der Waals surface area contributed by atoms with E-state index in [0.29, 0.717) is 0 Å². The van der Waals surface area contributed by atoms with Gasteiger partial charge in [0, 0.05) is 0 Å². The van der Waals surface area contributed by atoms with Crippen LogP contribution in [0.15, 0.2) is 0 Å². The molecule has 0 rings (SSSR count). The van der Waals surface area contributed by atoms with Gasteiger partial charge in [-0.05, 0) is 0 Å². The first kappa shape index (κ1) is 5.41. The van der Waals surface area contributed by atoms with Crippen LogP contribution < -0.4 is 5.32 Å². The van der Waals surface area contributed by atoms with Crippen LogP contribution in [0.4, 0.5) is 0 Å². The van der Waals surface area contributed by atoms with Crippen LogP contribution in [0.2, 0.25) is 0 Å². The van der Waals surface area contributed by atoms with Gasteiger partial charge in [0.05, 0.1) is 0 Å². The van der Waals surface area contributed by atoms with Gasteiger partial charge in [-0.3, -0.25) is 0 Å². The monoisotopic (exact) mass is 108 g/mol. The van der Waals surface area contributed by atoms with Crippen LogP contribution in [-0.4, -0.2) is 11.4 Å². The van der Waals surface area contributed by atoms with Crippen LogP contribution in [-0.2, 0) is 17.0 Å². The summed E-state index contributed by atoms with van der Waals surface area (Å²) in [6, 6.07) is 0. The Kier molecular flexibility index (Phi) is 2.86. The molecule has 1 N–H and O–H groups in total. The van der Waals surface area contributed by atoms with Gasteiger partial charge >= 0.3 is 40.6 Å². The van der Waals surface area contributed by atoms with Crippen LogP contribution in [0.1, 0.15) is 6.92 Å². The van der Waals surface area contributed by atoms with Gasteiger partial charge in [0.1, 0.15) is 0 Å². The summed E-state index contributed by atoms with van der Waals surface area (Å²) in [5, 5.41) is 2.92. The van der Waals surface area contributed by atoms with E-state index in [1.165, 1.54) is 4.35 Å². The van der Waals surface area contributed by atoms with Crippen molar-refractivity contribution < 1.29 is 17.0 Å². The van der Waals surface area contributed by atoms with E-state index in [2.05, 4.69) is 22.3 Å². The van der Waals surface area contributed by atoms with Gasteiger partial charge in [0.25, 0.3) is 0 Å². The molecule has 0 saturated heterocycles. The normalized spacial score (nSPS) is 7.40. The minimum atomic E-state index is 1.19. The summed E-state index contributed by atoms with van der Waals surface area (Å²) in [4.78, 5) is 0. The molecule has 29 valence electrons. The second-order valence-electron chi connectivity index (χ2n) is 0.835. The van der Waals surface area contributed by atoms with Crippen molar-refractivity contribution in [3.63, 3.8) is 0 Å². The van der Waals surface area contributed by atoms with Gasteiger partial charge in [-0.25, -0.2) is 0 Å². The fourth-order valence-corrected chi connectivity index (χ4v) is 0. The number of hydrogen-bond acceptors (Lipinski definition) is 1. The first-order valence-electron chi connectivity index (χ1n) is 1.47. The molecule has 0 amide bonds. The molecule has 5 heavy (non-hydrogen) atoms. The molecule has 1 nitrogen and oxygen atoms in total. The topological polar surface area (TPSA) is 12.0 Å². The molecule has 0 aliphatic rings. The van der Waals surface area contributed by atoms with Gasteiger partial charge in [-0.15, -0.1) is 0 Å². The van der Waals surface area contributed by atoms with E-state index in [0.717, 1.165) is 0 Å². The summed E-state index contributed by atoms with van der Waals surface area (Å²) in [7, 11) is 1.90. The quantitative estimate of drug-likeness (QED) is 0.494. The van der Waals surface area contributed by atoms with E-state index in [4.69, 9.17) is 0 Å². The maximum absolute atomic E-state index is 2.92. The molecule has 0 aliphatic heterocycles. The van der Waals surface area contributed by atoms with Crippen molar-refractivity contribution in [2.45, 2.75) is 6.92 Å². The number of nitrogens with one attached hydrogen (secondary N) is 1. The zero-order valence-electron chi connectivity index (χ0n) is 3.45. The Labute approximate surface area is 41.3 Å². The maximum atomic E-state index is 2.92. The summed E-state index contributed by atoms with van der Waals surface area (Å²) < 4.78 is 1.19. The van der Waals surface area contributed by atoms with Crippen LogP contribution in [0.3, 0.4) is 0 Å². The Hall–Kier alpha value is 0.414. The Morgan fingerprint density at radius 1 is 1.80 bits per heavy atom. The summed E-state index contributed by atoms with van der Waals surface area (Å²) in [6.45, 7) is 2.00. The van der Waals surface area contributed by atoms with Crippen molar-refractivity contribution in [2.75, 3.05) is 7.05 Å². The average Bonchev–Trinajstić information content (AvgIpc) is 1.38. The Balaban J connectivity index is 2.85. The molecule has 0 spiro atoms.